The van der Waals surface area contributed by atoms with Crippen LogP contribution < -0.4 is 4.74 Å². The van der Waals surface area contributed by atoms with E-state index in [4.69, 9.17) is 6.42 Å². The molecule has 0 bridgehead atoms. The van der Waals surface area contributed by atoms with Gasteiger partial charge in [-0.05, 0) is 12.1 Å². The number of benzene rings is 1. The molecule has 1 nitrogen and oxygen atoms in total. The normalized spacial score (nSPS) is 8.40. The maximum absolute atomic E-state index is 12.3. The molecule has 1 aromatic carbocycles. The van der Waals surface area contributed by atoms with Crippen LogP contribution in [0.5, 0.6) is 5.75 Å². The highest BCUT2D eigenvalue weighted by atomic mass is 19.1. The first-order valence-corrected chi connectivity index (χ1v) is 2.71. The first kappa shape index (κ1) is 6.63. The SMILES string of the molecule is C#COc1cccc(F)c1. The zero-order chi connectivity index (χ0) is 7.40. The molecule has 1 aromatic rings. The molecule has 0 aliphatic carbocycles. The summed E-state index contributed by atoms with van der Waals surface area (Å²) < 4.78 is 16.9. The van der Waals surface area contributed by atoms with Gasteiger partial charge in [-0.1, -0.05) is 12.5 Å². The van der Waals surface area contributed by atoms with Gasteiger partial charge in [-0.2, -0.15) is 0 Å². The Labute approximate surface area is 58.4 Å². The van der Waals surface area contributed by atoms with Crippen LogP contribution in [0.15, 0.2) is 24.3 Å². The zero-order valence-electron chi connectivity index (χ0n) is 5.17. The summed E-state index contributed by atoms with van der Waals surface area (Å²) in [5.41, 5.74) is 0. The molecular formula is C8H5FO. The fourth-order valence-corrected chi connectivity index (χ4v) is 0.599. The van der Waals surface area contributed by atoms with Crippen LogP contribution in [0.1, 0.15) is 0 Å². The molecule has 1 rings (SSSR count). The van der Waals surface area contributed by atoms with E-state index in [-0.39, 0.29) is 5.82 Å². The van der Waals surface area contributed by atoms with Gasteiger partial charge in [0.1, 0.15) is 17.7 Å². The van der Waals surface area contributed by atoms with Crippen molar-refractivity contribution in [3.05, 3.63) is 30.1 Å². The Hall–Kier alpha value is -1.49. The highest BCUT2D eigenvalue weighted by molar-refractivity contribution is 5.23. The molecule has 2 heteroatoms. The molecule has 0 aromatic heterocycles. The molecule has 0 heterocycles. The molecule has 0 radical (unpaired) electrons. The summed E-state index contributed by atoms with van der Waals surface area (Å²) in [5.74, 6) is -0.00440. The maximum Gasteiger partial charge on any atom is 0.143 e. The zero-order valence-corrected chi connectivity index (χ0v) is 5.17. The molecule has 50 valence electrons. The number of ether oxygens (including phenoxy) is 1. The summed E-state index contributed by atoms with van der Waals surface area (Å²) in [4.78, 5) is 0. The van der Waals surface area contributed by atoms with Crippen LogP contribution in [-0.2, 0) is 0 Å². The van der Waals surface area contributed by atoms with Crippen molar-refractivity contribution >= 4 is 0 Å². The van der Waals surface area contributed by atoms with Crippen molar-refractivity contribution in [1.29, 1.82) is 0 Å². The molecule has 0 saturated carbocycles. The van der Waals surface area contributed by atoms with E-state index in [0.29, 0.717) is 5.75 Å². The van der Waals surface area contributed by atoms with Crippen LogP contribution in [0.4, 0.5) is 4.39 Å². The van der Waals surface area contributed by atoms with Gasteiger partial charge >= 0.3 is 0 Å². The topological polar surface area (TPSA) is 9.23 Å². The first-order chi connectivity index (χ1) is 4.83. The van der Waals surface area contributed by atoms with Crippen molar-refractivity contribution in [2.24, 2.45) is 0 Å². The number of hydrogen-bond acceptors (Lipinski definition) is 1. The highest BCUT2D eigenvalue weighted by Crippen LogP contribution is 2.10. The molecular weight excluding hydrogens is 131 g/mol. The molecule has 0 spiro atoms. The lowest BCUT2D eigenvalue weighted by atomic mass is 10.3. The van der Waals surface area contributed by atoms with E-state index >= 15 is 0 Å². The summed E-state index contributed by atoms with van der Waals surface area (Å²) in [6.07, 6.45) is 6.76. The average Bonchev–Trinajstić information content (AvgIpc) is 1.88. The number of halogens is 1. The minimum atomic E-state index is -0.354. The predicted molar refractivity (Wildman–Crippen MR) is 35.9 cm³/mol. The number of rotatable bonds is 1. The van der Waals surface area contributed by atoms with Crippen molar-refractivity contribution < 1.29 is 9.13 Å². The smallest absolute Gasteiger partial charge is 0.143 e. The highest BCUT2D eigenvalue weighted by Gasteiger charge is 1.91. The van der Waals surface area contributed by atoms with E-state index in [2.05, 4.69) is 4.74 Å². The van der Waals surface area contributed by atoms with E-state index in [1.54, 1.807) is 6.07 Å². The lowest BCUT2D eigenvalue weighted by Crippen LogP contribution is -1.81. The van der Waals surface area contributed by atoms with Gasteiger partial charge < -0.3 is 4.74 Å². The van der Waals surface area contributed by atoms with Gasteiger partial charge in [-0.15, -0.1) is 0 Å². The molecule has 0 fully saturated rings. The lowest BCUT2D eigenvalue weighted by molar-refractivity contribution is 0.512. The monoisotopic (exact) mass is 136 g/mol. The molecule has 10 heavy (non-hydrogen) atoms. The standard InChI is InChI=1S/C8H5FO/c1-2-10-8-5-3-4-7(9)6-8/h1,3-6H. The Morgan fingerprint density at radius 2 is 2.30 bits per heavy atom. The van der Waals surface area contributed by atoms with Gasteiger partial charge in [0.25, 0.3) is 0 Å². The minimum Gasteiger partial charge on any atom is -0.408 e. The Balaban J connectivity index is 2.87. The molecule has 0 amide bonds. The van der Waals surface area contributed by atoms with Crippen molar-refractivity contribution in [2.75, 3.05) is 0 Å². The Bertz CT molecular complexity index is 262. The van der Waals surface area contributed by atoms with Crippen molar-refractivity contribution in [2.45, 2.75) is 0 Å². The van der Waals surface area contributed by atoms with Crippen molar-refractivity contribution in [3.63, 3.8) is 0 Å². The van der Waals surface area contributed by atoms with Gasteiger partial charge in [0.05, 0.1) is 0 Å². The average molecular weight is 136 g/mol. The quantitative estimate of drug-likeness (QED) is 0.535. The van der Waals surface area contributed by atoms with Crippen LogP contribution >= 0.6 is 0 Å². The van der Waals surface area contributed by atoms with Gasteiger partial charge in [0.15, 0.2) is 0 Å². The fraction of sp³-hybridized carbons (Fsp3) is 0. The van der Waals surface area contributed by atoms with Crippen LogP contribution in [0.3, 0.4) is 0 Å². The van der Waals surface area contributed by atoms with Crippen molar-refractivity contribution in [1.82, 2.24) is 0 Å². The summed E-state index contributed by atoms with van der Waals surface area (Å²) in [6, 6.07) is 5.66. The van der Waals surface area contributed by atoms with Crippen LogP contribution in [-0.4, -0.2) is 0 Å². The van der Waals surface area contributed by atoms with Crippen molar-refractivity contribution in [3.8, 4) is 18.3 Å². The molecule has 0 aliphatic heterocycles. The summed E-state index contributed by atoms with van der Waals surface area (Å²) in [7, 11) is 0. The second-order valence-electron chi connectivity index (χ2n) is 1.68. The third-order valence-corrected chi connectivity index (χ3v) is 0.973. The summed E-state index contributed by atoms with van der Waals surface area (Å²) in [5, 5.41) is 0. The Morgan fingerprint density at radius 1 is 1.50 bits per heavy atom. The lowest BCUT2D eigenvalue weighted by Gasteiger charge is -1.94. The molecule has 0 N–H and O–H groups in total. The number of hydrogen-bond donors (Lipinski definition) is 0. The van der Waals surface area contributed by atoms with E-state index < -0.39 is 0 Å². The largest absolute Gasteiger partial charge is 0.408 e. The second kappa shape index (κ2) is 2.88. The van der Waals surface area contributed by atoms with E-state index in [9.17, 15) is 4.39 Å². The van der Waals surface area contributed by atoms with Crippen LogP contribution in [0.2, 0.25) is 0 Å². The van der Waals surface area contributed by atoms with Gasteiger partial charge in [-0.25, -0.2) is 4.39 Å². The first-order valence-electron chi connectivity index (χ1n) is 2.71. The Morgan fingerprint density at radius 3 is 2.90 bits per heavy atom. The molecule has 0 aliphatic rings. The third-order valence-electron chi connectivity index (χ3n) is 0.973. The second-order valence-corrected chi connectivity index (χ2v) is 1.68. The summed E-state index contributed by atoms with van der Waals surface area (Å²) >= 11 is 0. The Kier molecular flexibility index (Phi) is 1.91. The van der Waals surface area contributed by atoms with E-state index in [1.807, 2.05) is 6.11 Å². The van der Waals surface area contributed by atoms with Crippen LogP contribution in [0, 0.1) is 18.3 Å². The van der Waals surface area contributed by atoms with Gasteiger partial charge in [0.2, 0.25) is 0 Å². The number of terminal acetylenes is 1. The van der Waals surface area contributed by atoms with E-state index in [1.165, 1.54) is 18.2 Å². The predicted octanol–water partition coefficient (Wildman–Crippen LogP) is 1.80. The van der Waals surface area contributed by atoms with Gasteiger partial charge in [0, 0.05) is 6.07 Å². The summed E-state index contributed by atoms with van der Waals surface area (Å²) in [6.45, 7) is 0. The van der Waals surface area contributed by atoms with Crippen LogP contribution in [0.25, 0.3) is 0 Å². The molecule has 0 atom stereocenters. The maximum atomic E-state index is 12.3. The van der Waals surface area contributed by atoms with E-state index in [0.717, 1.165) is 0 Å². The molecule has 0 unspecified atom stereocenters. The third kappa shape index (κ3) is 1.49. The molecule has 0 saturated heterocycles. The fourth-order valence-electron chi connectivity index (χ4n) is 0.599. The minimum absolute atomic E-state index is 0.350. The van der Waals surface area contributed by atoms with Gasteiger partial charge in [-0.3, -0.25) is 0 Å².